The van der Waals surface area contributed by atoms with Gasteiger partial charge in [0.05, 0.1) is 0 Å². The summed E-state index contributed by atoms with van der Waals surface area (Å²) < 4.78 is 0. The van der Waals surface area contributed by atoms with Crippen LogP contribution in [0.5, 0.6) is 0 Å². The standard InChI is InChI=1S/C12H5Cl2NO2/c13-7-3-1-5-9-6(12(17)15-11(5)16)2-4-8(14)10(7)9/h1-4H,(H,15,16,17). The van der Waals surface area contributed by atoms with Gasteiger partial charge >= 0.3 is 0 Å². The summed E-state index contributed by atoms with van der Waals surface area (Å²) in [7, 11) is 0. The van der Waals surface area contributed by atoms with E-state index in [0.717, 1.165) is 0 Å². The maximum atomic E-state index is 11.7. The van der Waals surface area contributed by atoms with Gasteiger partial charge in [0, 0.05) is 31.9 Å². The monoisotopic (exact) mass is 265 g/mol. The molecule has 2 aromatic carbocycles. The van der Waals surface area contributed by atoms with Crippen molar-refractivity contribution in [3.63, 3.8) is 0 Å². The zero-order valence-corrected chi connectivity index (χ0v) is 9.89. The molecule has 0 saturated heterocycles. The van der Waals surface area contributed by atoms with Gasteiger partial charge in [0.1, 0.15) is 0 Å². The van der Waals surface area contributed by atoms with Crippen molar-refractivity contribution in [3.8, 4) is 0 Å². The maximum absolute atomic E-state index is 11.7. The topological polar surface area (TPSA) is 46.2 Å². The van der Waals surface area contributed by atoms with Crippen LogP contribution in [0.1, 0.15) is 20.7 Å². The normalized spacial score (nSPS) is 14.0. The number of carbonyl (C=O) groups is 2. The summed E-state index contributed by atoms with van der Waals surface area (Å²) in [6.45, 7) is 0. The number of imide groups is 1. The number of amides is 2. The fourth-order valence-electron chi connectivity index (χ4n) is 2.03. The van der Waals surface area contributed by atoms with Crippen LogP contribution in [0.2, 0.25) is 10.0 Å². The Kier molecular flexibility index (Phi) is 2.15. The van der Waals surface area contributed by atoms with Gasteiger partial charge in [0.2, 0.25) is 0 Å². The quantitative estimate of drug-likeness (QED) is 0.745. The fourth-order valence-corrected chi connectivity index (χ4v) is 2.60. The summed E-state index contributed by atoms with van der Waals surface area (Å²) in [5, 5.41) is 4.20. The van der Waals surface area contributed by atoms with Crippen molar-refractivity contribution in [3.05, 3.63) is 45.4 Å². The number of hydrogen-bond acceptors (Lipinski definition) is 2. The van der Waals surface area contributed by atoms with Crippen molar-refractivity contribution in [1.29, 1.82) is 0 Å². The average molecular weight is 266 g/mol. The third-order valence-corrected chi connectivity index (χ3v) is 3.41. The minimum atomic E-state index is -0.425. The number of carbonyl (C=O) groups excluding carboxylic acids is 2. The highest BCUT2D eigenvalue weighted by Crippen LogP contribution is 2.36. The Balaban J connectivity index is 2.61. The third kappa shape index (κ3) is 1.36. The first-order valence-corrected chi connectivity index (χ1v) is 5.61. The molecule has 1 N–H and O–H groups in total. The molecule has 0 fully saturated rings. The van der Waals surface area contributed by atoms with Crippen LogP contribution in [-0.4, -0.2) is 11.8 Å². The second kappa shape index (κ2) is 3.45. The van der Waals surface area contributed by atoms with E-state index in [2.05, 4.69) is 5.32 Å². The van der Waals surface area contributed by atoms with Gasteiger partial charge in [-0.2, -0.15) is 0 Å². The van der Waals surface area contributed by atoms with Gasteiger partial charge < -0.3 is 0 Å². The van der Waals surface area contributed by atoms with Crippen LogP contribution in [0.15, 0.2) is 24.3 Å². The molecule has 0 aromatic heterocycles. The fraction of sp³-hybridized carbons (Fsp3) is 0. The molecule has 0 saturated carbocycles. The van der Waals surface area contributed by atoms with E-state index < -0.39 is 11.8 Å². The van der Waals surface area contributed by atoms with Gasteiger partial charge in [-0.25, -0.2) is 0 Å². The largest absolute Gasteiger partial charge is 0.288 e. The molecule has 3 rings (SSSR count). The average Bonchev–Trinajstić information content (AvgIpc) is 2.28. The molecular weight excluding hydrogens is 261 g/mol. The Morgan fingerprint density at radius 3 is 1.71 bits per heavy atom. The number of rotatable bonds is 0. The highest BCUT2D eigenvalue weighted by molar-refractivity contribution is 6.44. The summed E-state index contributed by atoms with van der Waals surface area (Å²) >= 11 is 12.1. The molecule has 0 unspecified atom stereocenters. The molecule has 0 radical (unpaired) electrons. The summed E-state index contributed by atoms with van der Waals surface area (Å²) in [6.07, 6.45) is 0. The Labute approximate surface area is 106 Å². The first kappa shape index (κ1) is 10.6. The molecule has 0 spiro atoms. The minimum Gasteiger partial charge on any atom is -0.288 e. The molecule has 1 aliphatic heterocycles. The molecule has 1 aliphatic rings. The molecule has 1 heterocycles. The highest BCUT2D eigenvalue weighted by Gasteiger charge is 2.26. The lowest BCUT2D eigenvalue weighted by Crippen LogP contribution is -2.34. The lowest BCUT2D eigenvalue weighted by atomic mass is 9.95. The van der Waals surface area contributed by atoms with Crippen molar-refractivity contribution in [2.45, 2.75) is 0 Å². The van der Waals surface area contributed by atoms with E-state index in [1.54, 1.807) is 24.3 Å². The van der Waals surface area contributed by atoms with Crippen LogP contribution in [0.25, 0.3) is 10.8 Å². The van der Waals surface area contributed by atoms with Crippen LogP contribution < -0.4 is 5.32 Å². The first-order chi connectivity index (χ1) is 8.09. The molecule has 17 heavy (non-hydrogen) atoms. The van der Waals surface area contributed by atoms with E-state index in [-0.39, 0.29) is 0 Å². The Morgan fingerprint density at radius 2 is 1.24 bits per heavy atom. The molecular formula is C12H5Cl2NO2. The lowest BCUT2D eigenvalue weighted by molar-refractivity contribution is 0.0845. The zero-order valence-electron chi connectivity index (χ0n) is 8.38. The van der Waals surface area contributed by atoms with E-state index in [1.807, 2.05) is 0 Å². The van der Waals surface area contributed by atoms with Crippen LogP contribution in [0, 0.1) is 0 Å². The van der Waals surface area contributed by atoms with Crippen LogP contribution in [-0.2, 0) is 0 Å². The Hall–Kier alpha value is -1.58. The van der Waals surface area contributed by atoms with Gasteiger partial charge in [0.15, 0.2) is 0 Å². The highest BCUT2D eigenvalue weighted by atomic mass is 35.5. The molecule has 2 aromatic rings. The van der Waals surface area contributed by atoms with Gasteiger partial charge in [0.25, 0.3) is 11.8 Å². The smallest absolute Gasteiger partial charge is 0.258 e. The molecule has 5 heteroatoms. The zero-order chi connectivity index (χ0) is 12.2. The molecule has 0 aliphatic carbocycles. The van der Waals surface area contributed by atoms with Crippen LogP contribution >= 0.6 is 23.2 Å². The number of hydrogen-bond donors (Lipinski definition) is 1. The first-order valence-electron chi connectivity index (χ1n) is 4.86. The van der Waals surface area contributed by atoms with E-state index in [0.29, 0.717) is 31.9 Å². The lowest BCUT2D eigenvalue weighted by Gasteiger charge is -2.17. The van der Waals surface area contributed by atoms with Crippen molar-refractivity contribution in [2.75, 3.05) is 0 Å². The number of benzene rings is 2. The number of halogens is 2. The summed E-state index contributed by atoms with van der Waals surface area (Å²) in [5.74, 6) is -0.849. The molecule has 2 amide bonds. The summed E-state index contributed by atoms with van der Waals surface area (Å²) in [6, 6.07) is 6.38. The van der Waals surface area contributed by atoms with E-state index in [4.69, 9.17) is 23.2 Å². The van der Waals surface area contributed by atoms with E-state index in [1.165, 1.54) is 0 Å². The van der Waals surface area contributed by atoms with Crippen molar-refractivity contribution >= 4 is 45.8 Å². The summed E-state index contributed by atoms with van der Waals surface area (Å²) in [4.78, 5) is 23.4. The van der Waals surface area contributed by atoms with Crippen molar-refractivity contribution < 1.29 is 9.59 Å². The Morgan fingerprint density at radius 1 is 0.765 bits per heavy atom. The molecule has 84 valence electrons. The summed E-state index contributed by atoms with van der Waals surface area (Å²) in [5.41, 5.74) is 0.836. The molecule has 3 nitrogen and oxygen atoms in total. The predicted molar refractivity (Wildman–Crippen MR) is 65.8 cm³/mol. The van der Waals surface area contributed by atoms with Crippen LogP contribution in [0.3, 0.4) is 0 Å². The maximum Gasteiger partial charge on any atom is 0.258 e. The minimum absolute atomic E-state index is 0.418. The van der Waals surface area contributed by atoms with Gasteiger partial charge in [-0.05, 0) is 24.3 Å². The predicted octanol–water partition coefficient (Wildman–Crippen LogP) is 3.03. The van der Waals surface area contributed by atoms with E-state index >= 15 is 0 Å². The number of nitrogens with one attached hydrogen (secondary N) is 1. The van der Waals surface area contributed by atoms with Gasteiger partial charge in [-0.3, -0.25) is 14.9 Å². The second-order valence-corrected chi connectivity index (χ2v) is 4.54. The molecule has 0 bridgehead atoms. The Bertz CT molecular complexity index is 640. The molecule has 0 atom stereocenters. The van der Waals surface area contributed by atoms with Gasteiger partial charge in [-0.1, -0.05) is 23.2 Å². The van der Waals surface area contributed by atoms with E-state index in [9.17, 15) is 9.59 Å². The van der Waals surface area contributed by atoms with Crippen LogP contribution in [0.4, 0.5) is 0 Å². The second-order valence-electron chi connectivity index (χ2n) is 3.72. The third-order valence-electron chi connectivity index (χ3n) is 2.78. The van der Waals surface area contributed by atoms with Gasteiger partial charge in [-0.15, -0.1) is 0 Å². The SMILES string of the molecule is O=C1NC(=O)c2ccc(Cl)c3c(Cl)ccc1c23. The van der Waals surface area contributed by atoms with Crippen molar-refractivity contribution in [1.82, 2.24) is 5.32 Å². The van der Waals surface area contributed by atoms with Crippen molar-refractivity contribution in [2.24, 2.45) is 0 Å².